The summed E-state index contributed by atoms with van der Waals surface area (Å²) in [6.07, 6.45) is 1.75. The summed E-state index contributed by atoms with van der Waals surface area (Å²) in [7, 11) is 1.55. The van der Waals surface area contributed by atoms with Gasteiger partial charge >= 0.3 is 0 Å². The van der Waals surface area contributed by atoms with Gasteiger partial charge in [0.25, 0.3) is 5.91 Å². The van der Waals surface area contributed by atoms with Crippen LogP contribution in [0, 0.1) is 0 Å². The maximum Gasteiger partial charge on any atom is 0.254 e. The number of methoxy groups -OCH3 is 1. The van der Waals surface area contributed by atoms with Gasteiger partial charge in [-0.15, -0.1) is 0 Å². The first kappa shape index (κ1) is 27.4. The quantitative estimate of drug-likeness (QED) is 0.553. The molecule has 1 fully saturated rings. The van der Waals surface area contributed by atoms with Gasteiger partial charge in [0.05, 0.1) is 13.7 Å². The Labute approximate surface area is 224 Å². The number of carbonyl (C=O) groups excluding carboxylic acids is 3. The number of aryl methyl sites for hydroxylation is 1. The van der Waals surface area contributed by atoms with Crippen molar-refractivity contribution in [1.82, 2.24) is 20.0 Å². The molecule has 9 nitrogen and oxygen atoms in total. The van der Waals surface area contributed by atoms with Crippen LogP contribution in [0.3, 0.4) is 0 Å². The van der Waals surface area contributed by atoms with Crippen LogP contribution in [-0.4, -0.2) is 82.9 Å². The fraction of sp³-hybridized carbons (Fsp3) is 0.483. The number of hydrogen-bond donors (Lipinski definition) is 2. The number of phenolic OH excluding ortho intramolecular Hbond substituents is 1. The Morgan fingerprint density at radius 3 is 2.42 bits per heavy atom. The molecule has 0 aliphatic carbocycles. The zero-order valence-corrected chi connectivity index (χ0v) is 22.7. The summed E-state index contributed by atoms with van der Waals surface area (Å²) in [5, 5.41) is 12.4. The highest BCUT2D eigenvalue weighted by molar-refractivity contribution is 5.96. The van der Waals surface area contributed by atoms with E-state index in [2.05, 4.69) is 30.1 Å². The standard InChI is InChI=1S/C29H38N4O5/c1-20(34)30-17-27(36)31-12-14-32(15-13-31)28(37)23-7-5-6-22-18-33(19-24(22)23)29(2,3)11-10-21-8-9-25(35)26(16-21)38-4/h5-9,16,35H,10-15,17-19H2,1-4H3,(H,30,34). The van der Waals surface area contributed by atoms with E-state index in [4.69, 9.17) is 4.74 Å². The molecule has 0 radical (unpaired) electrons. The number of fused-ring (bicyclic) bond motifs is 1. The molecule has 0 unspecified atom stereocenters. The third-order valence-electron chi connectivity index (χ3n) is 7.75. The van der Waals surface area contributed by atoms with Gasteiger partial charge in [-0.2, -0.15) is 0 Å². The van der Waals surface area contributed by atoms with Gasteiger partial charge in [-0.25, -0.2) is 0 Å². The zero-order valence-electron chi connectivity index (χ0n) is 22.7. The van der Waals surface area contributed by atoms with E-state index < -0.39 is 0 Å². The van der Waals surface area contributed by atoms with Gasteiger partial charge in [0.1, 0.15) is 0 Å². The number of aromatic hydroxyl groups is 1. The van der Waals surface area contributed by atoms with E-state index in [9.17, 15) is 19.5 Å². The SMILES string of the molecule is COc1cc(CCC(C)(C)N2Cc3cccc(C(=O)N4CCN(C(=O)CNC(C)=O)CC4)c3C2)ccc1O. The van der Waals surface area contributed by atoms with Crippen molar-refractivity contribution in [3.63, 3.8) is 0 Å². The molecule has 2 heterocycles. The molecule has 4 rings (SSSR count). The molecule has 0 spiro atoms. The van der Waals surface area contributed by atoms with Crippen molar-refractivity contribution in [1.29, 1.82) is 0 Å². The van der Waals surface area contributed by atoms with Crippen molar-refractivity contribution in [2.24, 2.45) is 0 Å². The number of carbonyl (C=O) groups is 3. The lowest BCUT2D eigenvalue weighted by Crippen LogP contribution is -2.52. The molecule has 3 amide bonds. The maximum absolute atomic E-state index is 13.5. The summed E-state index contributed by atoms with van der Waals surface area (Å²) in [5.41, 5.74) is 4.00. The van der Waals surface area contributed by atoms with Gasteiger partial charge in [-0.05, 0) is 61.6 Å². The number of hydrogen-bond acceptors (Lipinski definition) is 6. The Morgan fingerprint density at radius 2 is 1.74 bits per heavy atom. The molecule has 2 N–H and O–H groups in total. The topological polar surface area (TPSA) is 102 Å². The molecule has 204 valence electrons. The number of rotatable bonds is 8. The number of nitrogens with one attached hydrogen (secondary N) is 1. The molecule has 0 bridgehead atoms. The summed E-state index contributed by atoms with van der Waals surface area (Å²) < 4.78 is 5.25. The van der Waals surface area contributed by atoms with Crippen molar-refractivity contribution in [2.75, 3.05) is 39.8 Å². The summed E-state index contributed by atoms with van der Waals surface area (Å²) in [6.45, 7) is 9.19. The highest BCUT2D eigenvalue weighted by atomic mass is 16.5. The molecule has 2 aliphatic rings. The lowest BCUT2D eigenvalue weighted by atomic mass is 9.93. The normalized spacial score (nSPS) is 15.8. The number of nitrogens with zero attached hydrogens (tertiary/aromatic N) is 3. The first-order valence-corrected chi connectivity index (χ1v) is 13.1. The van der Waals surface area contributed by atoms with E-state index in [1.165, 1.54) is 12.5 Å². The molecular weight excluding hydrogens is 484 g/mol. The van der Waals surface area contributed by atoms with E-state index in [-0.39, 0.29) is 35.6 Å². The summed E-state index contributed by atoms with van der Waals surface area (Å²) >= 11 is 0. The average molecular weight is 523 g/mol. The Bertz CT molecular complexity index is 1200. The van der Waals surface area contributed by atoms with E-state index >= 15 is 0 Å². The molecule has 0 saturated carbocycles. The van der Waals surface area contributed by atoms with Gasteiger partial charge < -0.3 is 25.0 Å². The smallest absolute Gasteiger partial charge is 0.254 e. The second kappa shape index (κ2) is 11.4. The Morgan fingerprint density at radius 1 is 1.03 bits per heavy atom. The fourth-order valence-corrected chi connectivity index (χ4v) is 5.18. The third-order valence-corrected chi connectivity index (χ3v) is 7.75. The van der Waals surface area contributed by atoms with Crippen molar-refractivity contribution in [3.8, 4) is 11.5 Å². The van der Waals surface area contributed by atoms with E-state index in [1.807, 2.05) is 29.2 Å². The fourth-order valence-electron chi connectivity index (χ4n) is 5.18. The first-order valence-electron chi connectivity index (χ1n) is 13.1. The van der Waals surface area contributed by atoms with Gasteiger partial charge in [0, 0.05) is 57.3 Å². The van der Waals surface area contributed by atoms with Crippen LogP contribution in [0.15, 0.2) is 36.4 Å². The van der Waals surface area contributed by atoms with E-state index in [0.717, 1.165) is 36.1 Å². The number of amides is 3. The molecule has 1 saturated heterocycles. The monoisotopic (exact) mass is 522 g/mol. The van der Waals surface area contributed by atoms with Crippen LogP contribution in [0.4, 0.5) is 0 Å². The number of benzene rings is 2. The molecule has 0 aromatic heterocycles. The second-order valence-corrected chi connectivity index (χ2v) is 10.7. The number of ether oxygens (including phenoxy) is 1. The molecule has 9 heteroatoms. The minimum Gasteiger partial charge on any atom is -0.504 e. The maximum atomic E-state index is 13.5. The largest absolute Gasteiger partial charge is 0.504 e. The molecular formula is C29H38N4O5. The Balaban J connectivity index is 1.37. The lowest BCUT2D eigenvalue weighted by molar-refractivity contribution is -0.133. The lowest BCUT2D eigenvalue weighted by Gasteiger charge is -2.36. The van der Waals surface area contributed by atoms with Crippen molar-refractivity contribution in [3.05, 3.63) is 58.7 Å². The van der Waals surface area contributed by atoms with Crippen LogP contribution in [0.1, 0.15) is 54.2 Å². The summed E-state index contributed by atoms with van der Waals surface area (Å²) in [5.74, 6) is 0.266. The molecule has 2 aromatic carbocycles. The van der Waals surface area contributed by atoms with Crippen LogP contribution in [-0.2, 0) is 29.1 Å². The molecule has 0 atom stereocenters. The molecule has 2 aromatic rings. The van der Waals surface area contributed by atoms with Gasteiger partial charge in [0.15, 0.2) is 11.5 Å². The number of phenols is 1. The van der Waals surface area contributed by atoms with Crippen molar-refractivity contribution < 1.29 is 24.2 Å². The average Bonchev–Trinajstić information content (AvgIpc) is 3.37. The molecule has 2 aliphatic heterocycles. The number of piperazine rings is 1. The van der Waals surface area contributed by atoms with Crippen LogP contribution in [0.5, 0.6) is 11.5 Å². The van der Waals surface area contributed by atoms with Crippen LogP contribution in [0.2, 0.25) is 0 Å². The summed E-state index contributed by atoms with van der Waals surface area (Å²) in [4.78, 5) is 42.9. The van der Waals surface area contributed by atoms with Gasteiger partial charge in [0.2, 0.25) is 11.8 Å². The van der Waals surface area contributed by atoms with Crippen molar-refractivity contribution in [2.45, 2.75) is 52.2 Å². The van der Waals surface area contributed by atoms with Crippen LogP contribution < -0.4 is 10.1 Å². The second-order valence-electron chi connectivity index (χ2n) is 10.7. The van der Waals surface area contributed by atoms with Gasteiger partial charge in [-0.3, -0.25) is 19.3 Å². The third kappa shape index (κ3) is 6.10. The highest BCUT2D eigenvalue weighted by Gasteiger charge is 2.35. The Kier molecular flexibility index (Phi) is 8.26. The zero-order chi connectivity index (χ0) is 27.4. The van der Waals surface area contributed by atoms with Gasteiger partial charge in [-0.1, -0.05) is 18.2 Å². The van der Waals surface area contributed by atoms with Crippen LogP contribution >= 0.6 is 0 Å². The minimum atomic E-state index is -0.233. The van der Waals surface area contributed by atoms with E-state index in [1.54, 1.807) is 18.1 Å². The van der Waals surface area contributed by atoms with Crippen molar-refractivity contribution >= 4 is 17.7 Å². The minimum absolute atomic E-state index is 0.00616. The van der Waals surface area contributed by atoms with E-state index in [0.29, 0.717) is 38.5 Å². The highest BCUT2D eigenvalue weighted by Crippen LogP contribution is 2.35. The summed E-state index contributed by atoms with van der Waals surface area (Å²) in [6, 6.07) is 11.5. The molecule has 38 heavy (non-hydrogen) atoms. The predicted octanol–water partition coefficient (Wildman–Crippen LogP) is 2.55. The van der Waals surface area contributed by atoms with Crippen LogP contribution in [0.25, 0.3) is 0 Å². The Hall–Kier alpha value is -3.59. The first-order chi connectivity index (χ1) is 18.1. The predicted molar refractivity (Wildman–Crippen MR) is 144 cm³/mol.